The van der Waals surface area contributed by atoms with Crippen LogP contribution in [0.4, 0.5) is 5.95 Å². The van der Waals surface area contributed by atoms with E-state index < -0.39 is 0 Å². The molecule has 1 unspecified atom stereocenters. The van der Waals surface area contributed by atoms with Crippen molar-refractivity contribution in [3.8, 4) is 0 Å². The van der Waals surface area contributed by atoms with Gasteiger partial charge in [0.05, 0.1) is 0 Å². The number of nitrogens with zero attached hydrogens (tertiary/aromatic N) is 2. The highest BCUT2D eigenvalue weighted by molar-refractivity contribution is 14.1. The van der Waals surface area contributed by atoms with Crippen LogP contribution in [-0.4, -0.2) is 21.9 Å². The summed E-state index contributed by atoms with van der Waals surface area (Å²) in [6.45, 7) is 2.88. The van der Waals surface area contributed by atoms with E-state index in [1.165, 1.54) is 0 Å². The Morgan fingerprint density at radius 3 is 2.71 bits per heavy atom. The largest absolute Gasteiger partial charge is 0.354 e. The number of halogens is 2. The Kier molecular flexibility index (Phi) is 5.47. The normalized spacial score (nSPS) is 12.5. The molecule has 1 aromatic rings. The SMILES string of the molecule is CC(Cl)CCCNc1ncc(I)cn1. The van der Waals surface area contributed by atoms with Crippen molar-refractivity contribution in [3.63, 3.8) is 0 Å². The molecule has 0 bridgehead atoms. The highest BCUT2D eigenvalue weighted by atomic mass is 127. The predicted octanol–water partition coefficient (Wildman–Crippen LogP) is 2.90. The second-order valence-electron chi connectivity index (χ2n) is 3.07. The van der Waals surface area contributed by atoms with E-state index in [4.69, 9.17) is 11.6 Å². The van der Waals surface area contributed by atoms with Gasteiger partial charge in [0, 0.05) is 27.9 Å². The average molecular weight is 326 g/mol. The molecule has 0 radical (unpaired) electrons. The first-order valence-electron chi connectivity index (χ1n) is 4.54. The summed E-state index contributed by atoms with van der Waals surface area (Å²) in [6.07, 6.45) is 5.64. The summed E-state index contributed by atoms with van der Waals surface area (Å²) in [5.41, 5.74) is 0. The second-order valence-corrected chi connectivity index (χ2v) is 5.07. The molecule has 0 spiro atoms. The van der Waals surface area contributed by atoms with Crippen molar-refractivity contribution in [1.82, 2.24) is 9.97 Å². The molecule has 1 aromatic heterocycles. The lowest BCUT2D eigenvalue weighted by Crippen LogP contribution is -2.06. The van der Waals surface area contributed by atoms with E-state index in [0.717, 1.165) is 23.0 Å². The van der Waals surface area contributed by atoms with E-state index in [2.05, 4.69) is 37.9 Å². The topological polar surface area (TPSA) is 37.8 Å². The number of nitrogens with one attached hydrogen (secondary N) is 1. The third kappa shape index (κ3) is 4.95. The van der Waals surface area contributed by atoms with Crippen LogP contribution in [0.5, 0.6) is 0 Å². The molecule has 78 valence electrons. The molecule has 1 heterocycles. The minimum atomic E-state index is 0.245. The van der Waals surface area contributed by atoms with Gasteiger partial charge in [0.1, 0.15) is 0 Å². The van der Waals surface area contributed by atoms with Gasteiger partial charge in [-0.25, -0.2) is 9.97 Å². The van der Waals surface area contributed by atoms with E-state index in [0.29, 0.717) is 5.95 Å². The Hall–Kier alpha value is -0.100. The van der Waals surface area contributed by atoms with Crippen LogP contribution in [0, 0.1) is 3.57 Å². The summed E-state index contributed by atoms with van der Waals surface area (Å²) in [7, 11) is 0. The third-order valence-corrected chi connectivity index (χ3v) is 2.46. The maximum absolute atomic E-state index is 5.82. The van der Waals surface area contributed by atoms with E-state index in [-0.39, 0.29) is 5.38 Å². The zero-order chi connectivity index (χ0) is 10.4. The first kappa shape index (κ1) is 12.0. The van der Waals surface area contributed by atoms with E-state index >= 15 is 0 Å². The highest BCUT2D eigenvalue weighted by Crippen LogP contribution is 2.05. The molecule has 0 fully saturated rings. The van der Waals surface area contributed by atoms with Gasteiger partial charge in [-0.1, -0.05) is 0 Å². The molecule has 1 atom stereocenters. The van der Waals surface area contributed by atoms with Crippen LogP contribution >= 0.6 is 34.2 Å². The van der Waals surface area contributed by atoms with Crippen LogP contribution in [0.3, 0.4) is 0 Å². The molecule has 0 aromatic carbocycles. The Morgan fingerprint density at radius 2 is 2.14 bits per heavy atom. The fourth-order valence-corrected chi connectivity index (χ4v) is 1.42. The zero-order valence-corrected chi connectivity index (χ0v) is 10.9. The molecule has 0 aliphatic heterocycles. The van der Waals surface area contributed by atoms with Gasteiger partial charge < -0.3 is 5.32 Å². The van der Waals surface area contributed by atoms with E-state index in [9.17, 15) is 0 Å². The molecule has 3 nitrogen and oxygen atoms in total. The lowest BCUT2D eigenvalue weighted by molar-refractivity contribution is 0.747. The first-order valence-corrected chi connectivity index (χ1v) is 6.05. The number of hydrogen-bond donors (Lipinski definition) is 1. The molecular weight excluding hydrogens is 312 g/mol. The Balaban J connectivity index is 2.21. The zero-order valence-electron chi connectivity index (χ0n) is 8.00. The summed E-state index contributed by atoms with van der Waals surface area (Å²) >= 11 is 8.00. The second kappa shape index (κ2) is 6.40. The first-order chi connectivity index (χ1) is 6.68. The van der Waals surface area contributed by atoms with Crippen LogP contribution in [0.2, 0.25) is 0 Å². The molecular formula is C9H13ClIN3. The average Bonchev–Trinajstić information content (AvgIpc) is 2.15. The van der Waals surface area contributed by atoms with Crippen LogP contribution in [-0.2, 0) is 0 Å². The number of anilines is 1. The molecule has 0 saturated carbocycles. The fraction of sp³-hybridized carbons (Fsp3) is 0.556. The number of rotatable bonds is 5. The van der Waals surface area contributed by atoms with Crippen molar-refractivity contribution < 1.29 is 0 Å². The van der Waals surface area contributed by atoms with Crippen LogP contribution in [0.15, 0.2) is 12.4 Å². The van der Waals surface area contributed by atoms with Gasteiger partial charge in [0.15, 0.2) is 0 Å². The van der Waals surface area contributed by atoms with Gasteiger partial charge in [-0.05, 0) is 42.4 Å². The van der Waals surface area contributed by atoms with Crippen molar-refractivity contribution in [2.24, 2.45) is 0 Å². The van der Waals surface area contributed by atoms with Crippen LogP contribution in [0.25, 0.3) is 0 Å². The van der Waals surface area contributed by atoms with E-state index in [1.54, 1.807) is 12.4 Å². The minimum Gasteiger partial charge on any atom is -0.354 e. The van der Waals surface area contributed by atoms with Gasteiger partial charge in [-0.2, -0.15) is 0 Å². The fourth-order valence-electron chi connectivity index (χ4n) is 0.987. The maximum atomic E-state index is 5.82. The van der Waals surface area contributed by atoms with Gasteiger partial charge in [-0.3, -0.25) is 0 Å². The molecule has 0 aliphatic rings. The lowest BCUT2D eigenvalue weighted by atomic mass is 10.2. The standard InChI is InChI=1S/C9H13ClIN3/c1-7(10)3-2-4-12-9-13-5-8(11)6-14-9/h5-7H,2-4H2,1H3,(H,12,13,14). The monoisotopic (exact) mass is 325 g/mol. The van der Waals surface area contributed by atoms with Crippen molar-refractivity contribution in [2.75, 3.05) is 11.9 Å². The van der Waals surface area contributed by atoms with Gasteiger partial charge >= 0.3 is 0 Å². The summed E-state index contributed by atoms with van der Waals surface area (Å²) in [5, 5.41) is 3.39. The summed E-state index contributed by atoms with van der Waals surface area (Å²) < 4.78 is 1.04. The molecule has 5 heteroatoms. The Labute approximate surface area is 103 Å². The van der Waals surface area contributed by atoms with Crippen LogP contribution in [0.1, 0.15) is 19.8 Å². The van der Waals surface area contributed by atoms with Crippen molar-refractivity contribution in [3.05, 3.63) is 16.0 Å². The molecule has 0 amide bonds. The smallest absolute Gasteiger partial charge is 0.222 e. The predicted molar refractivity (Wildman–Crippen MR) is 67.8 cm³/mol. The van der Waals surface area contributed by atoms with Gasteiger partial charge in [0.2, 0.25) is 5.95 Å². The van der Waals surface area contributed by atoms with Gasteiger partial charge in [-0.15, -0.1) is 11.6 Å². The highest BCUT2D eigenvalue weighted by Gasteiger charge is 1.97. The molecule has 1 N–H and O–H groups in total. The maximum Gasteiger partial charge on any atom is 0.222 e. The molecule has 1 rings (SSSR count). The third-order valence-electron chi connectivity index (χ3n) is 1.68. The molecule has 0 saturated heterocycles. The summed E-state index contributed by atoms with van der Waals surface area (Å²) in [5.74, 6) is 0.688. The summed E-state index contributed by atoms with van der Waals surface area (Å²) in [6, 6.07) is 0. The van der Waals surface area contributed by atoms with Gasteiger partial charge in [0.25, 0.3) is 0 Å². The number of alkyl halides is 1. The number of aromatic nitrogens is 2. The molecule has 0 aliphatic carbocycles. The van der Waals surface area contributed by atoms with E-state index in [1.807, 2.05) is 6.92 Å². The van der Waals surface area contributed by atoms with Crippen molar-refractivity contribution in [2.45, 2.75) is 25.1 Å². The minimum absolute atomic E-state index is 0.245. The van der Waals surface area contributed by atoms with Crippen LogP contribution < -0.4 is 5.32 Å². The van der Waals surface area contributed by atoms with Crippen molar-refractivity contribution >= 4 is 40.1 Å². The van der Waals surface area contributed by atoms with Crippen molar-refractivity contribution in [1.29, 1.82) is 0 Å². The molecule has 14 heavy (non-hydrogen) atoms. The number of hydrogen-bond acceptors (Lipinski definition) is 3. The quantitative estimate of drug-likeness (QED) is 0.514. The lowest BCUT2D eigenvalue weighted by Gasteiger charge is -2.04. The summed E-state index contributed by atoms with van der Waals surface area (Å²) in [4.78, 5) is 8.26. The Morgan fingerprint density at radius 1 is 1.50 bits per heavy atom. The Bertz CT molecular complexity index is 263.